The normalized spacial score (nSPS) is 14.8. The number of pyridine rings is 1. The zero-order valence-electron chi connectivity index (χ0n) is 18.4. The molecule has 0 aliphatic heterocycles. The van der Waals surface area contributed by atoms with E-state index in [2.05, 4.69) is 20.3 Å². The number of nitrogen functional groups attached to an aromatic ring is 1. The molecule has 1 aliphatic rings. The van der Waals surface area contributed by atoms with Crippen LogP contribution in [0, 0.1) is 6.92 Å². The van der Waals surface area contributed by atoms with Crippen molar-refractivity contribution < 1.29 is 27.4 Å². The number of rotatable bonds is 8. The van der Waals surface area contributed by atoms with Crippen molar-refractivity contribution in [2.75, 3.05) is 31.9 Å². The molecule has 11 heteroatoms. The summed E-state index contributed by atoms with van der Waals surface area (Å²) in [6.07, 6.45) is -2.75. The molecule has 33 heavy (non-hydrogen) atoms. The van der Waals surface area contributed by atoms with Gasteiger partial charge in [0.2, 0.25) is 0 Å². The Morgan fingerprint density at radius 1 is 1.06 bits per heavy atom. The van der Waals surface area contributed by atoms with Crippen LogP contribution in [-0.4, -0.2) is 41.4 Å². The van der Waals surface area contributed by atoms with Gasteiger partial charge in [0, 0.05) is 24.2 Å². The van der Waals surface area contributed by atoms with E-state index in [1.54, 1.807) is 26.2 Å². The minimum Gasteiger partial charge on any atom is -0.493 e. The molecule has 3 N–H and O–H groups in total. The van der Waals surface area contributed by atoms with E-state index in [-0.39, 0.29) is 23.5 Å². The molecule has 1 fully saturated rings. The lowest BCUT2D eigenvalue weighted by Crippen LogP contribution is -2.21. The summed E-state index contributed by atoms with van der Waals surface area (Å²) in [6.45, 7) is 2.07. The van der Waals surface area contributed by atoms with Crippen molar-refractivity contribution in [1.29, 1.82) is 0 Å². The van der Waals surface area contributed by atoms with Gasteiger partial charge in [-0.1, -0.05) is 0 Å². The second-order valence-electron chi connectivity index (χ2n) is 7.94. The Balaban J connectivity index is 1.64. The fourth-order valence-electron chi connectivity index (χ4n) is 3.44. The number of nitrogens with zero attached hydrogens (tertiary/aromatic N) is 3. The van der Waals surface area contributed by atoms with E-state index in [4.69, 9.17) is 19.9 Å². The van der Waals surface area contributed by atoms with Crippen molar-refractivity contribution in [3.63, 3.8) is 0 Å². The minimum atomic E-state index is -4.59. The number of aryl methyl sites for hydroxylation is 1. The number of anilines is 2. The van der Waals surface area contributed by atoms with E-state index in [1.807, 2.05) is 0 Å². The Kier molecular flexibility index (Phi) is 5.91. The SMILES string of the molecule is COc1cc2nc(C)nc(NCc3cc(N)cc(C(F)(F)F)n3)c2cc1OCC1(OC)CC1. The molecule has 4 rings (SSSR count). The Hall–Kier alpha value is -3.34. The van der Waals surface area contributed by atoms with Crippen molar-refractivity contribution in [1.82, 2.24) is 15.0 Å². The first-order valence-electron chi connectivity index (χ1n) is 10.2. The predicted octanol–water partition coefficient (Wildman–Crippen LogP) is 4.11. The van der Waals surface area contributed by atoms with Gasteiger partial charge >= 0.3 is 6.18 Å². The summed E-state index contributed by atoms with van der Waals surface area (Å²) in [5, 5.41) is 3.68. The fraction of sp³-hybridized carbons (Fsp3) is 0.409. The maximum atomic E-state index is 13.1. The van der Waals surface area contributed by atoms with Crippen molar-refractivity contribution in [2.24, 2.45) is 0 Å². The first kappa shape index (κ1) is 22.8. The quantitative estimate of drug-likeness (QED) is 0.514. The Bertz CT molecular complexity index is 1180. The number of hydrogen-bond donors (Lipinski definition) is 2. The number of fused-ring (bicyclic) bond motifs is 1. The summed E-state index contributed by atoms with van der Waals surface area (Å²) in [4.78, 5) is 12.5. The van der Waals surface area contributed by atoms with E-state index in [0.29, 0.717) is 40.7 Å². The lowest BCUT2D eigenvalue weighted by atomic mass is 10.2. The molecule has 3 aromatic rings. The van der Waals surface area contributed by atoms with E-state index in [1.165, 1.54) is 13.2 Å². The molecular formula is C22H24F3N5O3. The van der Waals surface area contributed by atoms with Crippen LogP contribution in [0.4, 0.5) is 24.7 Å². The number of methoxy groups -OCH3 is 2. The number of nitrogens with one attached hydrogen (secondary N) is 1. The van der Waals surface area contributed by atoms with Crippen molar-refractivity contribution in [3.8, 4) is 11.5 Å². The lowest BCUT2D eigenvalue weighted by molar-refractivity contribution is -0.141. The van der Waals surface area contributed by atoms with Gasteiger partial charge in [0.25, 0.3) is 0 Å². The maximum Gasteiger partial charge on any atom is 0.433 e. The largest absolute Gasteiger partial charge is 0.493 e. The van der Waals surface area contributed by atoms with Crippen LogP contribution in [0.5, 0.6) is 11.5 Å². The Labute approximate surface area is 188 Å². The Morgan fingerprint density at radius 2 is 1.82 bits per heavy atom. The van der Waals surface area contributed by atoms with Crippen molar-refractivity contribution >= 4 is 22.4 Å². The van der Waals surface area contributed by atoms with Crippen LogP contribution in [0.1, 0.15) is 30.1 Å². The number of benzene rings is 1. The van der Waals surface area contributed by atoms with Crippen molar-refractivity contribution in [2.45, 2.75) is 38.1 Å². The van der Waals surface area contributed by atoms with Gasteiger partial charge in [-0.25, -0.2) is 15.0 Å². The molecule has 0 saturated heterocycles. The molecule has 1 saturated carbocycles. The molecule has 2 heterocycles. The van der Waals surface area contributed by atoms with Gasteiger partial charge in [-0.05, 0) is 38.0 Å². The lowest BCUT2D eigenvalue weighted by Gasteiger charge is -2.18. The van der Waals surface area contributed by atoms with Crippen LogP contribution in [0.25, 0.3) is 10.9 Å². The van der Waals surface area contributed by atoms with Crippen molar-refractivity contribution in [3.05, 3.63) is 41.5 Å². The third kappa shape index (κ3) is 5.03. The van der Waals surface area contributed by atoms with E-state index in [0.717, 1.165) is 18.9 Å². The fourth-order valence-corrected chi connectivity index (χ4v) is 3.44. The molecule has 0 amide bonds. The summed E-state index contributed by atoms with van der Waals surface area (Å²) in [5.74, 6) is 1.90. The summed E-state index contributed by atoms with van der Waals surface area (Å²) >= 11 is 0. The molecule has 0 atom stereocenters. The highest BCUT2D eigenvalue weighted by atomic mass is 19.4. The van der Waals surface area contributed by atoms with Gasteiger partial charge in [0.1, 0.15) is 29.5 Å². The summed E-state index contributed by atoms with van der Waals surface area (Å²) < 4.78 is 56.2. The second-order valence-corrected chi connectivity index (χ2v) is 7.94. The summed E-state index contributed by atoms with van der Waals surface area (Å²) in [5.41, 5.74) is 5.02. The molecule has 0 spiro atoms. The molecular weight excluding hydrogens is 439 g/mol. The van der Waals surface area contributed by atoms with Gasteiger partial charge in [0.15, 0.2) is 11.5 Å². The molecule has 8 nitrogen and oxygen atoms in total. The number of aromatic nitrogens is 3. The zero-order chi connectivity index (χ0) is 23.8. The van der Waals surface area contributed by atoms with Crippen LogP contribution in [0.2, 0.25) is 0 Å². The third-order valence-corrected chi connectivity index (χ3v) is 5.45. The standard InChI is InChI=1S/C22H24F3N5O3/c1-12-28-16-9-17(31-2)18(33-11-21(32-3)4-5-21)8-15(16)20(29-12)27-10-14-6-13(26)7-19(30-14)22(23,24)25/h6-9H,4-5,10-11H2,1-3H3,(H2,26,30)(H,27,28,29). The second kappa shape index (κ2) is 8.54. The minimum absolute atomic E-state index is 0.0192. The molecule has 176 valence electrons. The highest BCUT2D eigenvalue weighted by molar-refractivity contribution is 5.91. The van der Waals surface area contributed by atoms with Gasteiger partial charge in [-0.3, -0.25) is 0 Å². The number of hydrogen-bond acceptors (Lipinski definition) is 8. The average molecular weight is 463 g/mol. The summed E-state index contributed by atoms with van der Waals surface area (Å²) in [7, 11) is 3.19. The molecule has 0 radical (unpaired) electrons. The highest BCUT2D eigenvalue weighted by Crippen LogP contribution is 2.41. The number of ether oxygens (including phenoxy) is 3. The number of halogens is 3. The highest BCUT2D eigenvalue weighted by Gasteiger charge is 2.44. The topological polar surface area (TPSA) is 104 Å². The number of alkyl halides is 3. The average Bonchev–Trinajstić information content (AvgIpc) is 3.55. The number of nitrogens with two attached hydrogens (primary N) is 1. The smallest absolute Gasteiger partial charge is 0.433 e. The van der Waals surface area contributed by atoms with Crippen LogP contribution in [0.3, 0.4) is 0 Å². The van der Waals surface area contributed by atoms with Gasteiger partial charge in [-0.15, -0.1) is 0 Å². The zero-order valence-corrected chi connectivity index (χ0v) is 18.4. The van der Waals surface area contributed by atoms with E-state index < -0.39 is 11.9 Å². The third-order valence-electron chi connectivity index (χ3n) is 5.45. The van der Waals surface area contributed by atoms with Crippen LogP contribution in [0.15, 0.2) is 24.3 Å². The van der Waals surface area contributed by atoms with Crippen LogP contribution < -0.4 is 20.5 Å². The maximum absolute atomic E-state index is 13.1. The molecule has 0 bridgehead atoms. The summed E-state index contributed by atoms with van der Waals surface area (Å²) in [6, 6.07) is 5.67. The van der Waals surface area contributed by atoms with Gasteiger partial charge in [-0.2, -0.15) is 13.2 Å². The van der Waals surface area contributed by atoms with Gasteiger partial charge < -0.3 is 25.3 Å². The molecule has 1 aromatic carbocycles. The molecule has 0 unspecified atom stereocenters. The van der Waals surface area contributed by atoms with Crippen LogP contribution in [-0.2, 0) is 17.5 Å². The van der Waals surface area contributed by atoms with Gasteiger partial charge in [0.05, 0.1) is 24.9 Å². The molecule has 2 aromatic heterocycles. The monoisotopic (exact) mass is 463 g/mol. The predicted molar refractivity (Wildman–Crippen MR) is 116 cm³/mol. The van der Waals surface area contributed by atoms with E-state index >= 15 is 0 Å². The molecule has 1 aliphatic carbocycles. The van der Waals surface area contributed by atoms with Crippen LogP contribution >= 0.6 is 0 Å². The first-order valence-corrected chi connectivity index (χ1v) is 10.2. The van der Waals surface area contributed by atoms with E-state index in [9.17, 15) is 13.2 Å². The first-order chi connectivity index (χ1) is 15.6. The Morgan fingerprint density at radius 3 is 2.45 bits per heavy atom.